The number of hydrogen-bond acceptors (Lipinski definition) is 7. The number of fused-ring (bicyclic) bond motifs is 1. The highest BCUT2D eigenvalue weighted by Crippen LogP contribution is 2.43. The molecule has 3 N–H and O–H groups in total. The third kappa shape index (κ3) is 6.63. The van der Waals surface area contributed by atoms with Crippen molar-refractivity contribution >= 4 is 50.7 Å². The lowest BCUT2D eigenvalue weighted by atomic mass is 9.73. The van der Waals surface area contributed by atoms with Crippen molar-refractivity contribution in [2.24, 2.45) is 5.92 Å². The SMILES string of the molecule is CS(=O)(=O)N[C@@H]1CCCC[C@H]1N1C(=O)c2ccccc2[C@H](C(=O)NOCc2cc(C(=O)O)cs2)[C@H]1C1C=CC(Cl)=CC1. The normalized spacial score (nSPS) is 26.0. The number of rotatable bonds is 9. The highest BCUT2D eigenvalue weighted by molar-refractivity contribution is 7.88. The maximum Gasteiger partial charge on any atom is 0.336 e. The van der Waals surface area contributed by atoms with Gasteiger partial charge < -0.3 is 10.0 Å². The average Bonchev–Trinajstić information content (AvgIpc) is 3.43. The summed E-state index contributed by atoms with van der Waals surface area (Å²) in [6.45, 7) is -0.0317. The summed E-state index contributed by atoms with van der Waals surface area (Å²) >= 11 is 7.45. The Bertz CT molecular complexity index is 1540. The first-order chi connectivity index (χ1) is 20.0. The number of benzene rings is 1. The Hall–Kier alpha value is -3.03. The summed E-state index contributed by atoms with van der Waals surface area (Å²) in [6, 6.07) is 6.85. The fourth-order valence-electron chi connectivity index (χ4n) is 6.23. The Morgan fingerprint density at radius 3 is 2.67 bits per heavy atom. The molecule has 2 aliphatic carbocycles. The molecule has 10 nitrogen and oxygen atoms in total. The lowest BCUT2D eigenvalue weighted by Crippen LogP contribution is -2.63. The molecule has 1 unspecified atom stereocenters. The fraction of sp³-hybridized carbons (Fsp3) is 0.414. The largest absolute Gasteiger partial charge is 0.478 e. The molecule has 2 amide bonds. The average molecular weight is 634 g/mol. The molecule has 1 saturated carbocycles. The van der Waals surface area contributed by atoms with Crippen molar-refractivity contribution in [3.05, 3.63) is 80.5 Å². The highest BCUT2D eigenvalue weighted by atomic mass is 35.5. The molecular weight excluding hydrogens is 602 g/mol. The topological polar surface area (TPSA) is 142 Å². The Kier molecular flexibility index (Phi) is 9.19. The van der Waals surface area contributed by atoms with Gasteiger partial charge in [0.15, 0.2) is 0 Å². The number of halogens is 1. The highest BCUT2D eigenvalue weighted by Gasteiger charge is 2.50. The molecule has 2 aromatic rings. The van der Waals surface area contributed by atoms with Gasteiger partial charge in [0.05, 0.1) is 23.8 Å². The van der Waals surface area contributed by atoms with Gasteiger partial charge in [-0.15, -0.1) is 11.3 Å². The number of amides is 2. The van der Waals surface area contributed by atoms with Gasteiger partial charge in [-0.2, -0.15) is 0 Å². The van der Waals surface area contributed by atoms with Crippen LogP contribution in [0.4, 0.5) is 0 Å². The molecule has 0 bridgehead atoms. The van der Waals surface area contributed by atoms with Crippen molar-refractivity contribution in [1.82, 2.24) is 15.1 Å². The van der Waals surface area contributed by atoms with Crippen molar-refractivity contribution in [2.45, 2.75) is 62.8 Å². The maximum absolute atomic E-state index is 14.2. The summed E-state index contributed by atoms with van der Waals surface area (Å²) in [5, 5.41) is 11.3. The van der Waals surface area contributed by atoms with Crippen molar-refractivity contribution in [3.8, 4) is 0 Å². The predicted molar refractivity (Wildman–Crippen MR) is 159 cm³/mol. The summed E-state index contributed by atoms with van der Waals surface area (Å²) in [7, 11) is -3.56. The molecule has 42 heavy (non-hydrogen) atoms. The number of hydroxylamine groups is 1. The number of thiophene rings is 1. The van der Waals surface area contributed by atoms with E-state index in [4.69, 9.17) is 16.4 Å². The summed E-state index contributed by atoms with van der Waals surface area (Å²) in [5.74, 6) is -2.87. The van der Waals surface area contributed by atoms with Gasteiger partial charge in [-0.3, -0.25) is 14.4 Å². The molecular formula is C29H32ClN3O7S2. The van der Waals surface area contributed by atoms with E-state index >= 15 is 0 Å². The second-order valence-electron chi connectivity index (χ2n) is 10.8. The standard InChI is InChI=1S/C29H32ClN3O7S2/c1-42(38,39)32-23-8-4-5-9-24(23)33-26(17-10-12-19(30)13-11-17)25(21-6-2-3-7-22(21)28(33)35)27(34)31-40-15-20-14-18(16-41-20)29(36)37/h2-3,6-7,10,12-14,16-17,23-26,32H,4-5,8-9,11,15H2,1H3,(H,31,34)(H,36,37)/t17?,23-,24-,25+,26-/m1/s1. The molecule has 0 radical (unpaired) electrons. The first kappa shape index (κ1) is 30.4. The number of carbonyl (C=O) groups is 3. The van der Waals surface area contributed by atoms with Crippen LogP contribution in [0.1, 0.15) is 69.2 Å². The van der Waals surface area contributed by atoms with Gasteiger partial charge in [-0.25, -0.2) is 23.4 Å². The third-order valence-corrected chi connectivity index (χ3v) is 9.89. The van der Waals surface area contributed by atoms with Crippen molar-refractivity contribution < 1.29 is 32.7 Å². The monoisotopic (exact) mass is 633 g/mol. The molecule has 0 saturated heterocycles. The van der Waals surface area contributed by atoms with Crippen LogP contribution in [-0.2, 0) is 26.3 Å². The van der Waals surface area contributed by atoms with Gasteiger partial charge >= 0.3 is 5.97 Å². The fourth-order valence-corrected chi connectivity index (χ4v) is 7.99. The van der Waals surface area contributed by atoms with E-state index in [9.17, 15) is 27.9 Å². The second kappa shape index (κ2) is 12.7. The van der Waals surface area contributed by atoms with Gasteiger partial charge in [-0.1, -0.05) is 54.8 Å². The molecule has 2 heterocycles. The number of carbonyl (C=O) groups excluding carboxylic acids is 2. The molecule has 1 aromatic heterocycles. The zero-order valence-corrected chi connectivity index (χ0v) is 25.3. The number of hydrogen-bond donors (Lipinski definition) is 3. The van der Waals surface area contributed by atoms with Crippen LogP contribution in [0.5, 0.6) is 0 Å². The molecule has 5 atom stereocenters. The number of aromatic carboxylic acids is 1. The predicted octanol–water partition coefficient (Wildman–Crippen LogP) is 4.16. The van der Waals surface area contributed by atoms with E-state index in [2.05, 4.69) is 10.2 Å². The first-order valence-electron chi connectivity index (χ1n) is 13.7. The number of nitrogens with one attached hydrogen (secondary N) is 2. The molecule has 13 heteroatoms. The lowest BCUT2D eigenvalue weighted by Gasteiger charge is -2.51. The number of allylic oxidation sites excluding steroid dienone is 3. The minimum Gasteiger partial charge on any atom is -0.478 e. The molecule has 0 spiro atoms. The summed E-state index contributed by atoms with van der Waals surface area (Å²) in [6.07, 6.45) is 9.90. The Balaban J connectivity index is 1.51. The Morgan fingerprint density at radius 1 is 1.21 bits per heavy atom. The van der Waals surface area contributed by atoms with Crippen LogP contribution in [-0.4, -0.2) is 60.6 Å². The van der Waals surface area contributed by atoms with Crippen molar-refractivity contribution in [3.63, 3.8) is 0 Å². The van der Waals surface area contributed by atoms with Gasteiger partial charge in [0.2, 0.25) is 10.0 Å². The maximum atomic E-state index is 14.2. The minimum atomic E-state index is -3.56. The van der Waals surface area contributed by atoms with Crippen LogP contribution in [0.2, 0.25) is 0 Å². The van der Waals surface area contributed by atoms with Crippen LogP contribution in [0.15, 0.2) is 59.0 Å². The van der Waals surface area contributed by atoms with E-state index in [1.807, 2.05) is 12.2 Å². The molecule has 5 rings (SSSR count). The summed E-state index contributed by atoms with van der Waals surface area (Å²) in [4.78, 5) is 47.4. The van der Waals surface area contributed by atoms with E-state index in [1.54, 1.807) is 35.2 Å². The van der Waals surface area contributed by atoms with E-state index < -0.39 is 45.9 Å². The molecule has 1 fully saturated rings. The molecule has 3 aliphatic rings. The number of carboxylic acids is 1. The van der Waals surface area contributed by atoms with Crippen LogP contribution < -0.4 is 10.2 Å². The van der Waals surface area contributed by atoms with Crippen molar-refractivity contribution in [2.75, 3.05) is 6.26 Å². The third-order valence-electron chi connectivity index (χ3n) is 7.97. The summed E-state index contributed by atoms with van der Waals surface area (Å²) < 4.78 is 27.4. The van der Waals surface area contributed by atoms with Crippen LogP contribution in [0.3, 0.4) is 0 Å². The Morgan fingerprint density at radius 2 is 1.98 bits per heavy atom. The molecule has 224 valence electrons. The smallest absolute Gasteiger partial charge is 0.336 e. The van der Waals surface area contributed by atoms with Gasteiger partial charge in [0.25, 0.3) is 11.8 Å². The van der Waals surface area contributed by atoms with E-state index in [0.717, 1.165) is 19.1 Å². The van der Waals surface area contributed by atoms with Crippen LogP contribution in [0, 0.1) is 5.92 Å². The Labute approximate surface area is 253 Å². The first-order valence-corrected chi connectivity index (χ1v) is 16.8. The van der Waals surface area contributed by atoms with Crippen LogP contribution >= 0.6 is 22.9 Å². The van der Waals surface area contributed by atoms with E-state index in [1.165, 1.54) is 22.8 Å². The van der Waals surface area contributed by atoms with Gasteiger partial charge in [0, 0.05) is 38.9 Å². The minimum absolute atomic E-state index is 0.0317. The second-order valence-corrected chi connectivity index (χ2v) is 14.0. The lowest BCUT2D eigenvalue weighted by molar-refractivity contribution is -0.138. The van der Waals surface area contributed by atoms with Gasteiger partial charge in [-0.05, 0) is 43.0 Å². The number of nitrogens with zero attached hydrogens (tertiary/aromatic N) is 1. The zero-order chi connectivity index (χ0) is 30.0. The van der Waals surface area contributed by atoms with E-state index in [0.29, 0.717) is 40.3 Å². The van der Waals surface area contributed by atoms with Crippen LogP contribution in [0.25, 0.3) is 0 Å². The number of carboxylic acid groups (broad SMARTS) is 1. The quantitative estimate of drug-likeness (QED) is 0.352. The number of sulfonamides is 1. The van der Waals surface area contributed by atoms with Crippen molar-refractivity contribution in [1.29, 1.82) is 0 Å². The summed E-state index contributed by atoms with van der Waals surface area (Å²) in [5.41, 5.74) is 3.64. The zero-order valence-electron chi connectivity index (χ0n) is 22.9. The molecule has 1 aliphatic heterocycles. The molecule has 1 aromatic carbocycles. The van der Waals surface area contributed by atoms with E-state index in [-0.39, 0.29) is 24.0 Å². The van der Waals surface area contributed by atoms with Gasteiger partial charge in [0.1, 0.15) is 6.61 Å².